The van der Waals surface area contributed by atoms with Crippen LogP contribution in [-0.4, -0.2) is 24.3 Å². The zero-order valence-corrected chi connectivity index (χ0v) is 10.3. The molecule has 0 aromatic carbocycles. The molecule has 0 radical (unpaired) electrons. The zero-order chi connectivity index (χ0) is 11.1. The van der Waals surface area contributed by atoms with Crippen LogP contribution >= 0.6 is 0 Å². The fourth-order valence-electron chi connectivity index (χ4n) is 2.35. The SMILES string of the molecule is CC(C)CCCNCC1CCCCC1O. The van der Waals surface area contributed by atoms with Crippen LogP contribution in [0.3, 0.4) is 0 Å². The lowest BCUT2D eigenvalue weighted by atomic mass is 9.86. The Morgan fingerprint density at radius 3 is 2.67 bits per heavy atom. The number of aliphatic hydroxyl groups excluding tert-OH is 1. The fourth-order valence-corrected chi connectivity index (χ4v) is 2.35. The third-order valence-corrected chi connectivity index (χ3v) is 3.41. The second kappa shape index (κ2) is 7.24. The van der Waals surface area contributed by atoms with E-state index in [1.54, 1.807) is 0 Å². The van der Waals surface area contributed by atoms with E-state index in [1.807, 2.05) is 0 Å². The van der Waals surface area contributed by atoms with Gasteiger partial charge in [-0.25, -0.2) is 0 Å². The largest absolute Gasteiger partial charge is 0.393 e. The van der Waals surface area contributed by atoms with Gasteiger partial charge in [-0.05, 0) is 44.1 Å². The minimum absolute atomic E-state index is 0.0450. The molecule has 0 bridgehead atoms. The molecule has 1 rings (SSSR count). The molecular weight excluding hydrogens is 186 g/mol. The Morgan fingerprint density at radius 2 is 2.00 bits per heavy atom. The van der Waals surface area contributed by atoms with Gasteiger partial charge in [-0.15, -0.1) is 0 Å². The van der Waals surface area contributed by atoms with Crippen molar-refractivity contribution in [3.05, 3.63) is 0 Å². The van der Waals surface area contributed by atoms with Gasteiger partial charge in [0.05, 0.1) is 6.10 Å². The minimum atomic E-state index is -0.0450. The summed E-state index contributed by atoms with van der Waals surface area (Å²) in [6, 6.07) is 0. The Morgan fingerprint density at radius 1 is 1.27 bits per heavy atom. The first-order valence-corrected chi connectivity index (χ1v) is 6.59. The molecular formula is C13H27NO. The van der Waals surface area contributed by atoms with E-state index in [9.17, 15) is 5.11 Å². The second-order valence-corrected chi connectivity index (χ2v) is 5.35. The molecule has 1 fully saturated rings. The predicted octanol–water partition coefficient (Wildman–Crippen LogP) is 2.56. The number of rotatable bonds is 6. The van der Waals surface area contributed by atoms with Crippen molar-refractivity contribution in [3.8, 4) is 0 Å². The topological polar surface area (TPSA) is 32.3 Å². The first-order valence-electron chi connectivity index (χ1n) is 6.59. The van der Waals surface area contributed by atoms with Crippen molar-refractivity contribution in [3.63, 3.8) is 0 Å². The lowest BCUT2D eigenvalue weighted by Crippen LogP contribution is -2.34. The normalized spacial score (nSPS) is 27.2. The Hall–Kier alpha value is -0.0800. The highest BCUT2D eigenvalue weighted by atomic mass is 16.3. The summed E-state index contributed by atoms with van der Waals surface area (Å²) >= 11 is 0. The highest BCUT2D eigenvalue weighted by molar-refractivity contribution is 4.76. The maximum absolute atomic E-state index is 9.77. The third kappa shape index (κ3) is 5.53. The van der Waals surface area contributed by atoms with Crippen molar-refractivity contribution in [2.75, 3.05) is 13.1 Å². The van der Waals surface area contributed by atoms with Crippen LogP contribution in [0.2, 0.25) is 0 Å². The molecule has 0 amide bonds. The fraction of sp³-hybridized carbons (Fsp3) is 1.00. The van der Waals surface area contributed by atoms with Gasteiger partial charge in [0.2, 0.25) is 0 Å². The summed E-state index contributed by atoms with van der Waals surface area (Å²) in [5.74, 6) is 1.32. The molecule has 2 unspecified atom stereocenters. The summed E-state index contributed by atoms with van der Waals surface area (Å²) in [7, 11) is 0. The van der Waals surface area contributed by atoms with E-state index in [-0.39, 0.29) is 6.10 Å². The zero-order valence-electron chi connectivity index (χ0n) is 10.3. The molecule has 2 heteroatoms. The van der Waals surface area contributed by atoms with Crippen LogP contribution in [0.25, 0.3) is 0 Å². The predicted molar refractivity (Wildman–Crippen MR) is 64.9 cm³/mol. The van der Waals surface area contributed by atoms with Gasteiger partial charge in [-0.3, -0.25) is 0 Å². The highest BCUT2D eigenvalue weighted by Crippen LogP contribution is 2.23. The van der Waals surface area contributed by atoms with Gasteiger partial charge < -0.3 is 10.4 Å². The first kappa shape index (κ1) is 13.0. The number of aliphatic hydroxyl groups is 1. The molecule has 1 saturated carbocycles. The molecule has 0 saturated heterocycles. The van der Waals surface area contributed by atoms with Gasteiger partial charge in [0, 0.05) is 6.54 Å². The van der Waals surface area contributed by atoms with Crippen molar-refractivity contribution in [1.82, 2.24) is 5.32 Å². The Balaban J connectivity index is 1.99. The van der Waals surface area contributed by atoms with Gasteiger partial charge in [0.25, 0.3) is 0 Å². The molecule has 0 heterocycles. The molecule has 0 aromatic heterocycles. The van der Waals surface area contributed by atoms with E-state index < -0.39 is 0 Å². The third-order valence-electron chi connectivity index (χ3n) is 3.41. The van der Waals surface area contributed by atoms with Gasteiger partial charge in [0.1, 0.15) is 0 Å². The smallest absolute Gasteiger partial charge is 0.0580 e. The number of hydrogen-bond acceptors (Lipinski definition) is 2. The minimum Gasteiger partial charge on any atom is -0.393 e. The van der Waals surface area contributed by atoms with Gasteiger partial charge in [-0.1, -0.05) is 26.7 Å². The standard InChI is InChI=1S/C13H27NO/c1-11(2)6-5-9-14-10-12-7-3-4-8-13(12)15/h11-15H,3-10H2,1-2H3. The summed E-state index contributed by atoms with van der Waals surface area (Å²) in [4.78, 5) is 0. The van der Waals surface area contributed by atoms with E-state index in [1.165, 1.54) is 32.1 Å². The molecule has 0 aliphatic heterocycles. The van der Waals surface area contributed by atoms with Crippen LogP contribution in [0.15, 0.2) is 0 Å². The molecule has 1 aliphatic rings. The van der Waals surface area contributed by atoms with Crippen LogP contribution in [0.5, 0.6) is 0 Å². The van der Waals surface area contributed by atoms with E-state index in [4.69, 9.17) is 0 Å². The first-order chi connectivity index (χ1) is 7.20. The van der Waals surface area contributed by atoms with Gasteiger partial charge in [0.15, 0.2) is 0 Å². The van der Waals surface area contributed by atoms with Gasteiger partial charge in [-0.2, -0.15) is 0 Å². The van der Waals surface area contributed by atoms with Crippen LogP contribution in [-0.2, 0) is 0 Å². The highest BCUT2D eigenvalue weighted by Gasteiger charge is 2.21. The lowest BCUT2D eigenvalue weighted by molar-refractivity contribution is 0.0697. The van der Waals surface area contributed by atoms with Crippen LogP contribution < -0.4 is 5.32 Å². The van der Waals surface area contributed by atoms with Gasteiger partial charge >= 0.3 is 0 Å². The quantitative estimate of drug-likeness (QED) is 0.665. The summed E-state index contributed by atoms with van der Waals surface area (Å²) < 4.78 is 0. The maximum Gasteiger partial charge on any atom is 0.0580 e. The van der Waals surface area contributed by atoms with E-state index >= 15 is 0 Å². The number of nitrogens with one attached hydrogen (secondary N) is 1. The van der Waals surface area contributed by atoms with Crippen molar-refractivity contribution in [2.24, 2.45) is 11.8 Å². The molecule has 15 heavy (non-hydrogen) atoms. The molecule has 2 nitrogen and oxygen atoms in total. The summed E-state index contributed by atoms with van der Waals surface area (Å²) in [5.41, 5.74) is 0. The van der Waals surface area contributed by atoms with E-state index in [2.05, 4.69) is 19.2 Å². The Bertz CT molecular complexity index is 159. The van der Waals surface area contributed by atoms with Crippen LogP contribution in [0, 0.1) is 11.8 Å². The summed E-state index contributed by atoms with van der Waals surface area (Å²) in [6.45, 7) is 6.66. The average molecular weight is 213 g/mol. The molecule has 2 N–H and O–H groups in total. The molecule has 0 spiro atoms. The molecule has 0 aromatic rings. The summed E-state index contributed by atoms with van der Waals surface area (Å²) in [5, 5.41) is 13.3. The maximum atomic E-state index is 9.77. The van der Waals surface area contributed by atoms with Crippen molar-refractivity contribution < 1.29 is 5.11 Å². The number of hydrogen-bond donors (Lipinski definition) is 2. The summed E-state index contributed by atoms with van der Waals surface area (Å²) in [6.07, 6.45) is 7.26. The van der Waals surface area contributed by atoms with Crippen molar-refractivity contribution in [1.29, 1.82) is 0 Å². The Kier molecular flexibility index (Phi) is 6.26. The van der Waals surface area contributed by atoms with Crippen molar-refractivity contribution in [2.45, 2.75) is 58.5 Å². The van der Waals surface area contributed by atoms with Crippen LogP contribution in [0.1, 0.15) is 52.4 Å². The van der Waals surface area contributed by atoms with Crippen LogP contribution in [0.4, 0.5) is 0 Å². The molecule has 1 aliphatic carbocycles. The Labute approximate surface area is 94.5 Å². The van der Waals surface area contributed by atoms with E-state index in [0.717, 1.165) is 25.4 Å². The monoisotopic (exact) mass is 213 g/mol. The molecule has 90 valence electrons. The van der Waals surface area contributed by atoms with Crippen molar-refractivity contribution >= 4 is 0 Å². The van der Waals surface area contributed by atoms with E-state index in [0.29, 0.717) is 5.92 Å². The average Bonchev–Trinajstić information content (AvgIpc) is 2.20. The second-order valence-electron chi connectivity index (χ2n) is 5.35. The lowest BCUT2D eigenvalue weighted by Gasteiger charge is -2.27. The molecule has 2 atom stereocenters.